The van der Waals surface area contributed by atoms with Crippen molar-refractivity contribution in [2.24, 2.45) is 7.05 Å². The maximum atomic E-state index is 12.6. The number of hydrogen-bond acceptors (Lipinski definition) is 4. The van der Waals surface area contributed by atoms with Crippen molar-refractivity contribution in [3.63, 3.8) is 0 Å². The predicted octanol–water partition coefficient (Wildman–Crippen LogP) is 4.49. The Morgan fingerprint density at radius 1 is 1.22 bits per heavy atom. The summed E-state index contributed by atoms with van der Waals surface area (Å²) < 4.78 is 1.94. The van der Waals surface area contributed by atoms with Crippen molar-refractivity contribution >= 4 is 35.0 Å². The summed E-state index contributed by atoms with van der Waals surface area (Å²) >= 11 is 7.40. The Hall–Kier alpha value is -2.31. The second-order valence-electron chi connectivity index (χ2n) is 6.33. The molecule has 0 unspecified atom stereocenters. The van der Waals surface area contributed by atoms with E-state index in [0.717, 1.165) is 17.1 Å². The van der Waals surface area contributed by atoms with E-state index in [1.54, 1.807) is 12.1 Å². The summed E-state index contributed by atoms with van der Waals surface area (Å²) in [6.45, 7) is 3.79. The highest BCUT2D eigenvalue weighted by molar-refractivity contribution is 8.00. The van der Waals surface area contributed by atoms with Gasteiger partial charge >= 0.3 is 0 Å². The summed E-state index contributed by atoms with van der Waals surface area (Å²) in [5.74, 6) is 0.764. The van der Waals surface area contributed by atoms with E-state index in [1.165, 1.54) is 17.3 Å². The van der Waals surface area contributed by atoms with Crippen LogP contribution in [-0.4, -0.2) is 25.9 Å². The van der Waals surface area contributed by atoms with Gasteiger partial charge in [-0.2, -0.15) is 0 Å². The van der Waals surface area contributed by atoms with Crippen LogP contribution in [0, 0.1) is 6.92 Å². The van der Waals surface area contributed by atoms with Crippen LogP contribution < -0.4 is 5.32 Å². The fourth-order valence-corrected chi connectivity index (χ4v) is 3.56. The molecule has 5 nitrogen and oxygen atoms in total. The Labute approximate surface area is 168 Å². The number of benzene rings is 2. The number of carbonyl (C=O) groups is 1. The zero-order chi connectivity index (χ0) is 19.4. The largest absolute Gasteiger partial charge is 0.325 e. The van der Waals surface area contributed by atoms with Gasteiger partial charge in [0.2, 0.25) is 5.91 Å². The molecule has 0 aliphatic carbocycles. The highest BCUT2D eigenvalue weighted by Gasteiger charge is 2.19. The second kappa shape index (κ2) is 8.59. The SMILES string of the molecule is Cc1ccc(Cl)cc1NC(=O)[C@@H](C)Sc1nnc(Cc2ccccc2)n1C. The lowest BCUT2D eigenvalue weighted by molar-refractivity contribution is -0.115. The van der Waals surface area contributed by atoms with Gasteiger partial charge in [-0.3, -0.25) is 4.79 Å². The number of nitrogens with one attached hydrogen (secondary N) is 1. The van der Waals surface area contributed by atoms with Crippen LogP contribution in [0.3, 0.4) is 0 Å². The number of amides is 1. The van der Waals surface area contributed by atoms with Crippen LogP contribution >= 0.6 is 23.4 Å². The molecule has 140 valence electrons. The van der Waals surface area contributed by atoms with Crippen LogP contribution in [-0.2, 0) is 18.3 Å². The van der Waals surface area contributed by atoms with Gasteiger partial charge in [0, 0.05) is 24.2 Å². The van der Waals surface area contributed by atoms with Crippen molar-refractivity contribution in [2.45, 2.75) is 30.7 Å². The van der Waals surface area contributed by atoms with E-state index in [1.807, 2.05) is 49.7 Å². The third-order valence-corrected chi connectivity index (χ3v) is 5.61. The third kappa shape index (κ3) is 4.90. The van der Waals surface area contributed by atoms with Crippen LogP contribution in [0.5, 0.6) is 0 Å². The molecule has 0 spiro atoms. The van der Waals surface area contributed by atoms with Crippen LogP contribution in [0.4, 0.5) is 5.69 Å². The number of halogens is 1. The van der Waals surface area contributed by atoms with Gasteiger partial charge in [-0.05, 0) is 37.1 Å². The van der Waals surface area contributed by atoms with Gasteiger partial charge in [-0.25, -0.2) is 0 Å². The van der Waals surface area contributed by atoms with Crippen molar-refractivity contribution in [1.29, 1.82) is 0 Å². The predicted molar refractivity (Wildman–Crippen MR) is 110 cm³/mol. The molecule has 3 aromatic rings. The molecule has 1 heterocycles. The van der Waals surface area contributed by atoms with Gasteiger partial charge in [0.15, 0.2) is 5.16 Å². The van der Waals surface area contributed by atoms with Gasteiger partial charge in [0.05, 0.1) is 5.25 Å². The summed E-state index contributed by atoms with van der Waals surface area (Å²) in [6.07, 6.45) is 0.702. The van der Waals surface area contributed by atoms with E-state index in [-0.39, 0.29) is 11.2 Å². The highest BCUT2D eigenvalue weighted by atomic mass is 35.5. The van der Waals surface area contributed by atoms with Crippen molar-refractivity contribution in [3.8, 4) is 0 Å². The standard InChI is InChI=1S/C20H21ClN4OS/c1-13-9-10-16(21)12-17(13)22-19(26)14(2)27-20-24-23-18(25(20)3)11-15-7-5-4-6-8-15/h4-10,12,14H,11H2,1-3H3,(H,22,26)/t14-/m1/s1. The summed E-state index contributed by atoms with van der Waals surface area (Å²) in [5, 5.41) is 12.4. The average Bonchev–Trinajstić information content (AvgIpc) is 2.99. The van der Waals surface area contributed by atoms with E-state index in [4.69, 9.17) is 11.6 Å². The van der Waals surface area contributed by atoms with Crippen LogP contribution in [0.1, 0.15) is 23.9 Å². The lowest BCUT2D eigenvalue weighted by Gasteiger charge is -2.13. The van der Waals surface area contributed by atoms with Crippen LogP contribution in [0.2, 0.25) is 5.02 Å². The first-order valence-corrected chi connectivity index (χ1v) is 9.85. The molecular formula is C20H21ClN4OS. The van der Waals surface area contributed by atoms with E-state index >= 15 is 0 Å². The quantitative estimate of drug-likeness (QED) is 0.619. The van der Waals surface area contributed by atoms with E-state index < -0.39 is 0 Å². The van der Waals surface area contributed by atoms with E-state index in [2.05, 4.69) is 27.6 Å². The number of aromatic nitrogens is 3. The second-order valence-corrected chi connectivity index (χ2v) is 8.07. The Morgan fingerprint density at radius 2 is 1.96 bits per heavy atom. The van der Waals surface area contributed by atoms with Gasteiger partial charge < -0.3 is 9.88 Å². The van der Waals surface area contributed by atoms with Crippen molar-refractivity contribution in [1.82, 2.24) is 14.8 Å². The van der Waals surface area contributed by atoms with Crippen LogP contribution in [0.15, 0.2) is 53.7 Å². The highest BCUT2D eigenvalue weighted by Crippen LogP contribution is 2.25. The monoisotopic (exact) mass is 400 g/mol. The topological polar surface area (TPSA) is 59.8 Å². The molecule has 1 amide bonds. The van der Waals surface area contributed by atoms with Gasteiger partial charge in [0.1, 0.15) is 5.82 Å². The number of thioether (sulfide) groups is 1. The Balaban J connectivity index is 1.66. The molecule has 1 aromatic heterocycles. The molecule has 0 aliphatic rings. The number of rotatable bonds is 6. The zero-order valence-electron chi connectivity index (χ0n) is 15.4. The molecule has 3 rings (SSSR count). The molecule has 0 fully saturated rings. The lowest BCUT2D eigenvalue weighted by atomic mass is 10.1. The summed E-state index contributed by atoms with van der Waals surface area (Å²) in [5.41, 5.74) is 2.86. The maximum absolute atomic E-state index is 12.6. The lowest BCUT2D eigenvalue weighted by Crippen LogP contribution is -2.23. The molecule has 0 aliphatic heterocycles. The van der Waals surface area contributed by atoms with Gasteiger partial charge in [-0.1, -0.05) is 59.8 Å². The smallest absolute Gasteiger partial charge is 0.237 e. The van der Waals surface area contributed by atoms with Gasteiger partial charge in [0.25, 0.3) is 0 Å². The molecule has 2 aromatic carbocycles. The Morgan fingerprint density at radius 3 is 2.70 bits per heavy atom. The number of hydrogen-bond donors (Lipinski definition) is 1. The van der Waals surface area contributed by atoms with Gasteiger partial charge in [-0.15, -0.1) is 10.2 Å². The molecule has 0 saturated heterocycles. The number of carbonyl (C=O) groups excluding carboxylic acids is 1. The van der Waals surface area contributed by atoms with E-state index in [9.17, 15) is 4.79 Å². The molecule has 27 heavy (non-hydrogen) atoms. The number of anilines is 1. The minimum Gasteiger partial charge on any atom is -0.325 e. The first kappa shape index (κ1) is 19.5. The minimum absolute atomic E-state index is 0.0991. The third-order valence-electron chi connectivity index (χ3n) is 4.24. The zero-order valence-corrected chi connectivity index (χ0v) is 17.0. The Kier molecular flexibility index (Phi) is 6.19. The molecule has 1 atom stereocenters. The maximum Gasteiger partial charge on any atom is 0.237 e. The first-order valence-electron chi connectivity index (χ1n) is 8.60. The summed E-state index contributed by atoms with van der Waals surface area (Å²) in [7, 11) is 1.92. The minimum atomic E-state index is -0.323. The fourth-order valence-electron chi connectivity index (χ4n) is 2.55. The van der Waals surface area contributed by atoms with Crippen molar-refractivity contribution in [3.05, 3.63) is 70.5 Å². The number of aryl methyl sites for hydroxylation is 1. The molecule has 1 N–H and O–H groups in total. The summed E-state index contributed by atoms with van der Waals surface area (Å²) in [4.78, 5) is 12.6. The molecule has 0 saturated carbocycles. The molecule has 0 bridgehead atoms. The van der Waals surface area contributed by atoms with Crippen molar-refractivity contribution < 1.29 is 4.79 Å². The van der Waals surface area contributed by atoms with E-state index in [0.29, 0.717) is 16.6 Å². The van der Waals surface area contributed by atoms with Crippen molar-refractivity contribution in [2.75, 3.05) is 5.32 Å². The fraction of sp³-hybridized carbons (Fsp3) is 0.250. The average molecular weight is 401 g/mol. The molecular weight excluding hydrogens is 380 g/mol. The number of nitrogens with zero attached hydrogens (tertiary/aromatic N) is 3. The first-order chi connectivity index (χ1) is 12.9. The molecule has 7 heteroatoms. The Bertz CT molecular complexity index is 942. The summed E-state index contributed by atoms with van der Waals surface area (Å²) in [6, 6.07) is 15.6. The molecule has 0 radical (unpaired) electrons. The normalized spacial score (nSPS) is 12.0. The van der Waals surface area contributed by atoms with Crippen LogP contribution in [0.25, 0.3) is 0 Å².